The number of hydrogen-bond donors (Lipinski definition) is 2. The molecule has 1 heterocycles. The average molecular weight is 366 g/mol. The van der Waals surface area contributed by atoms with E-state index in [-0.39, 0.29) is 11.7 Å². The van der Waals surface area contributed by atoms with Crippen LogP contribution in [0.4, 0.5) is 18.9 Å². The first kappa shape index (κ1) is 18.2. The molecule has 1 atom stereocenters. The minimum absolute atomic E-state index is 0.0835. The zero-order valence-electron chi connectivity index (χ0n) is 13.7. The molecular weight excluding hydrogens is 349 g/mol. The maximum Gasteiger partial charge on any atom is 0.416 e. The number of nitrogens with one attached hydrogen (secondary N) is 2. The molecule has 3 rings (SSSR count). The van der Waals surface area contributed by atoms with Gasteiger partial charge in [-0.3, -0.25) is 4.79 Å². The molecule has 8 heteroatoms. The molecule has 1 amide bonds. The molecule has 0 radical (unpaired) electrons. The number of halogens is 3. The van der Waals surface area contributed by atoms with Crippen LogP contribution in [0.5, 0.6) is 11.5 Å². The largest absolute Gasteiger partial charge is 0.457 e. The SMILES string of the molecule is O=C(Nc1ccc(Oc2cccc(C(F)(F)F)c2)cc1)C1COCCN1. The predicted molar refractivity (Wildman–Crippen MR) is 89.2 cm³/mol. The maximum absolute atomic E-state index is 12.7. The molecule has 2 aromatic carbocycles. The fourth-order valence-corrected chi connectivity index (χ4v) is 2.44. The van der Waals surface area contributed by atoms with Gasteiger partial charge in [-0.25, -0.2) is 0 Å². The molecule has 5 nitrogen and oxygen atoms in total. The van der Waals surface area contributed by atoms with Crippen molar-refractivity contribution in [3.05, 3.63) is 54.1 Å². The second-order valence-electron chi connectivity index (χ2n) is 5.72. The van der Waals surface area contributed by atoms with Gasteiger partial charge in [0, 0.05) is 12.2 Å². The second-order valence-corrected chi connectivity index (χ2v) is 5.72. The summed E-state index contributed by atoms with van der Waals surface area (Å²) in [5.41, 5.74) is -0.222. The van der Waals surface area contributed by atoms with Gasteiger partial charge in [0.1, 0.15) is 17.5 Å². The number of benzene rings is 2. The van der Waals surface area contributed by atoms with E-state index in [9.17, 15) is 18.0 Å². The standard InChI is InChI=1S/C18H17F3N2O3/c19-18(20,21)12-2-1-3-15(10-12)26-14-6-4-13(5-7-14)23-17(24)16-11-25-9-8-22-16/h1-7,10,16,22H,8-9,11H2,(H,23,24). The maximum atomic E-state index is 12.7. The van der Waals surface area contributed by atoms with E-state index in [1.807, 2.05) is 0 Å². The highest BCUT2D eigenvalue weighted by Crippen LogP contribution is 2.32. The smallest absolute Gasteiger partial charge is 0.416 e. The van der Waals surface area contributed by atoms with E-state index >= 15 is 0 Å². The molecule has 1 aliphatic heterocycles. The molecule has 138 valence electrons. The number of alkyl halides is 3. The van der Waals surface area contributed by atoms with Crippen molar-refractivity contribution in [2.75, 3.05) is 25.1 Å². The van der Waals surface area contributed by atoms with Crippen LogP contribution < -0.4 is 15.4 Å². The van der Waals surface area contributed by atoms with Crippen LogP contribution in [0, 0.1) is 0 Å². The summed E-state index contributed by atoms with van der Waals surface area (Å²) in [6, 6.07) is 10.6. The zero-order valence-corrected chi connectivity index (χ0v) is 13.7. The number of amides is 1. The second kappa shape index (κ2) is 7.76. The average Bonchev–Trinajstić information content (AvgIpc) is 2.63. The van der Waals surface area contributed by atoms with Gasteiger partial charge in [-0.15, -0.1) is 0 Å². The van der Waals surface area contributed by atoms with E-state index in [0.717, 1.165) is 12.1 Å². The van der Waals surface area contributed by atoms with Crippen LogP contribution in [0.15, 0.2) is 48.5 Å². The van der Waals surface area contributed by atoms with Gasteiger partial charge in [-0.05, 0) is 42.5 Å². The van der Waals surface area contributed by atoms with E-state index in [1.165, 1.54) is 12.1 Å². The number of hydrogen-bond acceptors (Lipinski definition) is 4. The van der Waals surface area contributed by atoms with Crippen molar-refractivity contribution < 1.29 is 27.4 Å². The van der Waals surface area contributed by atoms with Gasteiger partial charge < -0.3 is 20.1 Å². The summed E-state index contributed by atoms with van der Waals surface area (Å²) in [5, 5.41) is 5.79. The third-order valence-electron chi connectivity index (χ3n) is 3.76. The van der Waals surface area contributed by atoms with Crippen molar-refractivity contribution >= 4 is 11.6 Å². The first-order chi connectivity index (χ1) is 12.4. The Hall–Kier alpha value is -2.58. The van der Waals surface area contributed by atoms with Crippen LogP contribution >= 0.6 is 0 Å². The topological polar surface area (TPSA) is 59.6 Å². The predicted octanol–water partition coefficient (Wildman–Crippen LogP) is 3.42. The van der Waals surface area contributed by atoms with Crippen molar-refractivity contribution in [2.45, 2.75) is 12.2 Å². The molecule has 1 aliphatic rings. The Balaban J connectivity index is 1.62. The fourth-order valence-electron chi connectivity index (χ4n) is 2.44. The summed E-state index contributed by atoms with van der Waals surface area (Å²) in [6.07, 6.45) is -4.43. The van der Waals surface area contributed by atoms with Crippen LogP contribution in [0.25, 0.3) is 0 Å². The number of carbonyl (C=O) groups excluding carboxylic acids is 1. The number of rotatable bonds is 4. The molecule has 0 aliphatic carbocycles. The Kier molecular flexibility index (Phi) is 5.43. The molecular formula is C18H17F3N2O3. The van der Waals surface area contributed by atoms with E-state index in [2.05, 4.69) is 10.6 Å². The van der Waals surface area contributed by atoms with Gasteiger partial charge in [-0.2, -0.15) is 13.2 Å². The van der Waals surface area contributed by atoms with Crippen LogP contribution in [-0.4, -0.2) is 31.7 Å². The number of carbonyl (C=O) groups is 1. The molecule has 2 aromatic rings. The molecule has 0 bridgehead atoms. The quantitative estimate of drug-likeness (QED) is 0.871. The highest BCUT2D eigenvalue weighted by molar-refractivity contribution is 5.95. The van der Waals surface area contributed by atoms with Crippen molar-refractivity contribution in [1.29, 1.82) is 0 Å². The molecule has 0 aromatic heterocycles. The summed E-state index contributed by atoms with van der Waals surface area (Å²) in [5.74, 6) is 0.234. The molecule has 1 fully saturated rings. The number of anilines is 1. The van der Waals surface area contributed by atoms with E-state index in [4.69, 9.17) is 9.47 Å². The van der Waals surface area contributed by atoms with Crippen LogP contribution in [0.3, 0.4) is 0 Å². The fraction of sp³-hybridized carbons (Fsp3) is 0.278. The summed E-state index contributed by atoms with van der Waals surface area (Å²) in [6.45, 7) is 1.50. The van der Waals surface area contributed by atoms with Gasteiger partial charge in [0.15, 0.2) is 0 Å². The number of ether oxygens (including phenoxy) is 2. The number of morpholine rings is 1. The van der Waals surface area contributed by atoms with Gasteiger partial charge in [0.05, 0.1) is 18.8 Å². The monoisotopic (exact) mass is 366 g/mol. The minimum atomic E-state index is -4.43. The summed E-state index contributed by atoms with van der Waals surface area (Å²) in [7, 11) is 0. The summed E-state index contributed by atoms with van der Waals surface area (Å²) >= 11 is 0. The van der Waals surface area contributed by atoms with Crippen molar-refractivity contribution in [3.8, 4) is 11.5 Å². The summed E-state index contributed by atoms with van der Waals surface area (Å²) in [4.78, 5) is 12.1. The lowest BCUT2D eigenvalue weighted by molar-refractivity contribution is -0.137. The molecule has 0 spiro atoms. The van der Waals surface area contributed by atoms with Gasteiger partial charge >= 0.3 is 6.18 Å². The Bertz CT molecular complexity index is 757. The Labute approximate surface area is 148 Å². The first-order valence-corrected chi connectivity index (χ1v) is 7.99. The van der Waals surface area contributed by atoms with Crippen LogP contribution in [0.1, 0.15) is 5.56 Å². The minimum Gasteiger partial charge on any atom is -0.457 e. The van der Waals surface area contributed by atoms with Crippen molar-refractivity contribution in [3.63, 3.8) is 0 Å². The Morgan fingerprint density at radius 3 is 2.58 bits per heavy atom. The van der Waals surface area contributed by atoms with E-state index in [1.54, 1.807) is 24.3 Å². The van der Waals surface area contributed by atoms with Crippen molar-refractivity contribution in [1.82, 2.24) is 5.32 Å². The van der Waals surface area contributed by atoms with Gasteiger partial charge in [0.25, 0.3) is 0 Å². The molecule has 26 heavy (non-hydrogen) atoms. The first-order valence-electron chi connectivity index (χ1n) is 7.99. The zero-order chi connectivity index (χ0) is 18.6. The van der Waals surface area contributed by atoms with Crippen molar-refractivity contribution in [2.24, 2.45) is 0 Å². The lowest BCUT2D eigenvalue weighted by Crippen LogP contribution is -2.48. The summed E-state index contributed by atoms with van der Waals surface area (Å²) < 4.78 is 48.9. The molecule has 1 saturated heterocycles. The lowest BCUT2D eigenvalue weighted by Gasteiger charge is -2.22. The Morgan fingerprint density at radius 2 is 1.92 bits per heavy atom. The van der Waals surface area contributed by atoms with E-state index < -0.39 is 17.8 Å². The molecule has 0 saturated carbocycles. The van der Waals surface area contributed by atoms with E-state index in [0.29, 0.717) is 31.2 Å². The Morgan fingerprint density at radius 1 is 1.15 bits per heavy atom. The molecule has 2 N–H and O–H groups in total. The van der Waals surface area contributed by atoms with Gasteiger partial charge in [-0.1, -0.05) is 6.07 Å². The third-order valence-corrected chi connectivity index (χ3v) is 3.76. The normalized spacial score (nSPS) is 17.6. The highest BCUT2D eigenvalue weighted by atomic mass is 19.4. The van der Waals surface area contributed by atoms with Crippen LogP contribution in [0.2, 0.25) is 0 Å². The molecule has 1 unspecified atom stereocenters. The third kappa shape index (κ3) is 4.74. The lowest BCUT2D eigenvalue weighted by atomic mass is 10.2. The highest BCUT2D eigenvalue weighted by Gasteiger charge is 2.30. The van der Waals surface area contributed by atoms with Crippen LogP contribution in [-0.2, 0) is 15.7 Å². The van der Waals surface area contributed by atoms with Gasteiger partial charge in [0.2, 0.25) is 5.91 Å².